The molecule has 2 N–H and O–H groups in total. The minimum absolute atomic E-state index is 0.230. The van der Waals surface area contributed by atoms with Gasteiger partial charge in [-0.1, -0.05) is 36.4 Å². The molecule has 0 aliphatic rings. The first-order valence-corrected chi connectivity index (χ1v) is 9.46. The van der Waals surface area contributed by atoms with Gasteiger partial charge in [0.25, 0.3) is 0 Å². The van der Waals surface area contributed by atoms with E-state index in [2.05, 4.69) is 49.4 Å². The van der Waals surface area contributed by atoms with Crippen LogP contribution in [0.4, 0.5) is 4.39 Å². The van der Waals surface area contributed by atoms with Crippen LogP contribution >= 0.6 is 0 Å². The molecule has 146 valence electrons. The van der Waals surface area contributed by atoms with Crippen molar-refractivity contribution in [3.05, 3.63) is 89.3 Å². The number of rotatable bonds is 7. The number of hydrogen-bond donors (Lipinski definition) is 2. The molecule has 0 radical (unpaired) electrons. The van der Waals surface area contributed by atoms with Gasteiger partial charge in [0.15, 0.2) is 5.96 Å². The fraction of sp³-hybridized carbons (Fsp3) is 0.273. The monoisotopic (exact) mass is 379 g/mol. The van der Waals surface area contributed by atoms with Crippen molar-refractivity contribution in [2.45, 2.75) is 33.5 Å². The van der Waals surface area contributed by atoms with E-state index in [0.717, 1.165) is 30.0 Å². The SMILES string of the molecule is CCNC(=NCc1cccc(Cn2ccnc2C)c1)NCc1cccc(F)c1. The van der Waals surface area contributed by atoms with E-state index in [1.807, 2.05) is 32.3 Å². The normalized spacial score (nSPS) is 11.5. The van der Waals surface area contributed by atoms with Gasteiger partial charge in [0, 0.05) is 32.0 Å². The summed E-state index contributed by atoms with van der Waals surface area (Å²) < 4.78 is 15.4. The average Bonchev–Trinajstić information content (AvgIpc) is 3.09. The van der Waals surface area contributed by atoms with Crippen molar-refractivity contribution in [2.24, 2.45) is 4.99 Å². The van der Waals surface area contributed by atoms with Crippen molar-refractivity contribution < 1.29 is 4.39 Å². The van der Waals surface area contributed by atoms with Crippen molar-refractivity contribution >= 4 is 5.96 Å². The number of aromatic nitrogens is 2. The standard InChI is InChI=1S/C22H26FN5/c1-3-24-22(27-15-19-7-5-9-21(23)13-19)26-14-18-6-4-8-20(12-18)16-28-11-10-25-17(28)2/h4-13H,3,14-16H2,1-2H3,(H2,24,26,27). The van der Waals surface area contributed by atoms with E-state index < -0.39 is 0 Å². The van der Waals surface area contributed by atoms with E-state index in [1.54, 1.807) is 6.07 Å². The Morgan fingerprint density at radius 2 is 1.86 bits per heavy atom. The molecule has 0 bridgehead atoms. The molecule has 3 rings (SSSR count). The van der Waals surface area contributed by atoms with Gasteiger partial charge in [-0.15, -0.1) is 0 Å². The van der Waals surface area contributed by atoms with Crippen LogP contribution in [0, 0.1) is 12.7 Å². The lowest BCUT2D eigenvalue weighted by atomic mass is 10.1. The van der Waals surface area contributed by atoms with E-state index in [1.165, 1.54) is 17.7 Å². The third-order valence-corrected chi connectivity index (χ3v) is 4.38. The molecule has 0 aliphatic carbocycles. The van der Waals surface area contributed by atoms with Gasteiger partial charge < -0.3 is 15.2 Å². The highest BCUT2D eigenvalue weighted by Crippen LogP contribution is 2.10. The van der Waals surface area contributed by atoms with Crippen molar-refractivity contribution in [3.63, 3.8) is 0 Å². The summed E-state index contributed by atoms with van der Waals surface area (Å²) in [6.07, 6.45) is 3.80. The molecule has 1 aromatic heterocycles. The fourth-order valence-electron chi connectivity index (χ4n) is 2.94. The number of guanidine groups is 1. The summed E-state index contributed by atoms with van der Waals surface area (Å²) >= 11 is 0. The Morgan fingerprint density at radius 3 is 2.61 bits per heavy atom. The van der Waals surface area contributed by atoms with Crippen molar-refractivity contribution in [3.8, 4) is 0 Å². The lowest BCUT2D eigenvalue weighted by Gasteiger charge is -2.12. The van der Waals surface area contributed by atoms with E-state index in [9.17, 15) is 4.39 Å². The molecule has 0 fully saturated rings. The number of nitrogens with one attached hydrogen (secondary N) is 2. The third kappa shape index (κ3) is 5.67. The zero-order valence-corrected chi connectivity index (χ0v) is 16.3. The minimum Gasteiger partial charge on any atom is -0.357 e. The molecule has 0 unspecified atom stereocenters. The van der Waals surface area contributed by atoms with E-state index in [-0.39, 0.29) is 5.82 Å². The summed E-state index contributed by atoms with van der Waals surface area (Å²) in [5.74, 6) is 1.48. The molecule has 2 aromatic carbocycles. The quantitative estimate of drug-likeness (QED) is 0.487. The number of hydrogen-bond acceptors (Lipinski definition) is 2. The van der Waals surface area contributed by atoms with Crippen LogP contribution in [0.1, 0.15) is 29.4 Å². The lowest BCUT2D eigenvalue weighted by Crippen LogP contribution is -2.36. The number of nitrogens with zero attached hydrogens (tertiary/aromatic N) is 3. The van der Waals surface area contributed by atoms with Crippen molar-refractivity contribution in [2.75, 3.05) is 6.54 Å². The Morgan fingerprint density at radius 1 is 1.07 bits per heavy atom. The van der Waals surface area contributed by atoms with Gasteiger partial charge in [-0.2, -0.15) is 0 Å². The third-order valence-electron chi connectivity index (χ3n) is 4.38. The summed E-state index contributed by atoms with van der Waals surface area (Å²) in [5, 5.41) is 6.48. The summed E-state index contributed by atoms with van der Waals surface area (Å²) in [7, 11) is 0. The first kappa shape index (κ1) is 19.6. The Balaban J connectivity index is 1.63. The van der Waals surface area contributed by atoms with Crippen molar-refractivity contribution in [1.82, 2.24) is 20.2 Å². The van der Waals surface area contributed by atoms with Crippen LogP contribution in [0.5, 0.6) is 0 Å². The molecule has 28 heavy (non-hydrogen) atoms. The molecule has 0 amide bonds. The van der Waals surface area contributed by atoms with Crippen LogP contribution < -0.4 is 10.6 Å². The van der Waals surface area contributed by atoms with E-state index >= 15 is 0 Å². The molecule has 1 heterocycles. The number of benzene rings is 2. The second-order valence-electron chi connectivity index (χ2n) is 6.60. The van der Waals surface area contributed by atoms with Crippen LogP contribution in [0.15, 0.2) is 65.9 Å². The first-order chi connectivity index (χ1) is 13.6. The predicted molar refractivity (Wildman–Crippen MR) is 111 cm³/mol. The molecule has 0 saturated heterocycles. The highest BCUT2D eigenvalue weighted by Gasteiger charge is 2.02. The predicted octanol–water partition coefficient (Wildman–Crippen LogP) is 3.63. The topological polar surface area (TPSA) is 54.2 Å². The van der Waals surface area contributed by atoms with Crippen LogP contribution in [-0.2, 0) is 19.6 Å². The molecule has 3 aromatic rings. The lowest BCUT2D eigenvalue weighted by molar-refractivity contribution is 0.624. The summed E-state index contributed by atoms with van der Waals surface area (Å²) in [6.45, 7) is 6.66. The highest BCUT2D eigenvalue weighted by atomic mass is 19.1. The summed E-state index contributed by atoms with van der Waals surface area (Å²) in [5.41, 5.74) is 3.23. The molecule has 0 spiro atoms. The maximum Gasteiger partial charge on any atom is 0.191 e. The Bertz CT molecular complexity index is 932. The zero-order valence-electron chi connectivity index (χ0n) is 16.3. The van der Waals surface area contributed by atoms with Crippen LogP contribution in [-0.4, -0.2) is 22.1 Å². The largest absolute Gasteiger partial charge is 0.357 e. The second-order valence-corrected chi connectivity index (χ2v) is 6.60. The Labute approximate surface area is 165 Å². The van der Waals surface area contributed by atoms with Crippen molar-refractivity contribution in [1.29, 1.82) is 0 Å². The van der Waals surface area contributed by atoms with Gasteiger partial charge in [-0.25, -0.2) is 14.4 Å². The molecular formula is C22H26FN5. The molecule has 6 heteroatoms. The highest BCUT2D eigenvalue weighted by molar-refractivity contribution is 5.79. The summed E-state index contributed by atoms with van der Waals surface area (Å²) in [6, 6.07) is 15.0. The van der Waals surface area contributed by atoms with E-state index in [0.29, 0.717) is 19.0 Å². The maximum atomic E-state index is 13.3. The number of halogens is 1. The van der Waals surface area contributed by atoms with Crippen LogP contribution in [0.2, 0.25) is 0 Å². The van der Waals surface area contributed by atoms with Gasteiger partial charge in [0.2, 0.25) is 0 Å². The van der Waals surface area contributed by atoms with Crippen LogP contribution in [0.25, 0.3) is 0 Å². The van der Waals surface area contributed by atoms with Gasteiger partial charge >= 0.3 is 0 Å². The number of aryl methyl sites for hydroxylation is 1. The second kappa shape index (κ2) is 9.69. The van der Waals surface area contributed by atoms with E-state index in [4.69, 9.17) is 0 Å². The zero-order chi connectivity index (χ0) is 19.8. The van der Waals surface area contributed by atoms with Crippen LogP contribution in [0.3, 0.4) is 0 Å². The Kier molecular flexibility index (Phi) is 6.78. The number of imidazole rings is 1. The van der Waals surface area contributed by atoms with Gasteiger partial charge in [0.05, 0.1) is 6.54 Å². The van der Waals surface area contributed by atoms with Gasteiger partial charge in [-0.05, 0) is 42.7 Å². The molecular weight excluding hydrogens is 353 g/mol. The number of aliphatic imine (C=N–C) groups is 1. The Hall–Kier alpha value is -3.15. The average molecular weight is 379 g/mol. The fourth-order valence-corrected chi connectivity index (χ4v) is 2.94. The smallest absolute Gasteiger partial charge is 0.191 e. The van der Waals surface area contributed by atoms with Gasteiger partial charge in [-0.3, -0.25) is 0 Å². The molecule has 5 nitrogen and oxygen atoms in total. The van der Waals surface area contributed by atoms with Gasteiger partial charge in [0.1, 0.15) is 11.6 Å². The maximum absolute atomic E-state index is 13.3. The summed E-state index contributed by atoms with van der Waals surface area (Å²) in [4.78, 5) is 8.93. The minimum atomic E-state index is -0.230. The molecule has 0 aliphatic heterocycles. The first-order valence-electron chi connectivity index (χ1n) is 9.46. The molecule has 0 atom stereocenters. The molecule has 0 saturated carbocycles.